The summed E-state index contributed by atoms with van der Waals surface area (Å²) < 4.78 is 28.7. The molecule has 0 amide bonds. The van der Waals surface area contributed by atoms with Gasteiger partial charge in [-0.3, -0.25) is 0 Å². The van der Waals surface area contributed by atoms with Crippen molar-refractivity contribution in [2.45, 2.75) is 21.7 Å². The summed E-state index contributed by atoms with van der Waals surface area (Å²) in [7, 11) is -4.12. The molecule has 0 atom stereocenters. The predicted molar refractivity (Wildman–Crippen MR) is 87.3 cm³/mol. The molecule has 0 aliphatic rings. The molecule has 2 aromatic carbocycles. The third kappa shape index (κ3) is 3.25. The van der Waals surface area contributed by atoms with Gasteiger partial charge in [-0.2, -0.15) is 8.42 Å². The van der Waals surface area contributed by atoms with Crippen molar-refractivity contribution in [3.8, 4) is 5.75 Å². The highest BCUT2D eigenvalue weighted by Crippen LogP contribution is 2.39. The fraction of sp³-hybridized carbons (Fsp3) is 0.231. The van der Waals surface area contributed by atoms with Crippen molar-refractivity contribution in [2.75, 3.05) is 0 Å². The van der Waals surface area contributed by atoms with Crippen LogP contribution >= 0.6 is 31.9 Å². The Balaban J connectivity index is 2.68. The number of rotatable bonds is 4. The van der Waals surface area contributed by atoms with Gasteiger partial charge in [0.1, 0.15) is 4.90 Å². The van der Waals surface area contributed by atoms with E-state index in [0.717, 1.165) is 0 Å². The molecule has 0 saturated carbocycles. The average molecular weight is 450 g/mol. The zero-order chi connectivity index (χ0) is 16.5. The van der Waals surface area contributed by atoms with Crippen molar-refractivity contribution in [2.24, 2.45) is 0 Å². The first-order valence-electron chi connectivity index (χ1n) is 6.13. The van der Waals surface area contributed by atoms with E-state index in [2.05, 4.69) is 36.8 Å². The summed E-state index contributed by atoms with van der Waals surface area (Å²) in [6.45, 7) is 1.73. The molecule has 0 spiro atoms. The van der Waals surface area contributed by atoms with Crippen molar-refractivity contribution in [1.29, 1.82) is 5.39 Å². The molecule has 0 fully saturated rings. The minimum atomic E-state index is -4.12. The van der Waals surface area contributed by atoms with Crippen LogP contribution in [0.5, 0.6) is 5.75 Å². The number of hydrogen-bond acceptors (Lipinski definition) is 5. The number of diazo groups is 1. The third-order valence-corrected chi connectivity index (χ3v) is 6.24. The molecule has 0 aromatic heterocycles. The summed E-state index contributed by atoms with van der Waals surface area (Å²) in [6.07, 6.45) is 0.345. The summed E-state index contributed by atoms with van der Waals surface area (Å²) in [5.74, 6) is -0.559. The maximum atomic E-state index is 12.4. The van der Waals surface area contributed by atoms with Gasteiger partial charge in [0.2, 0.25) is 5.39 Å². The normalized spacial score (nSPS) is 12.3. The smallest absolute Gasteiger partial charge is 0.378 e. The molecule has 0 unspecified atom stereocenters. The minimum absolute atomic E-state index is 0.131. The third-order valence-electron chi connectivity index (χ3n) is 2.97. The molecule has 0 bridgehead atoms. The number of fused-ring (bicyclic) bond motifs is 1. The fourth-order valence-corrected chi connectivity index (χ4v) is 4.12. The highest BCUT2D eigenvalue weighted by Gasteiger charge is 2.31. The number of benzene rings is 2. The van der Waals surface area contributed by atoms with Crippen LogP contribution in [0.3, 0.4) is 0 Å². The zero-order valence-electron chi connectivity index (χ0n) is 11.3. The molecule has 9 heteroatoms. The number of nitrogens with zero attached hydrogens (tertiary/aromatic N) is 2. The van der Waals surface area contributed by atoms with Crippen molar-refractivity contribution in [3.05, 3.63) is 35.3 Å². The van der Waals surface area contributed by atoms with Crippen LogP contribution in [0.2, 0.25) is 0 Å². The van der Waals surface area contributed by atoms with Gasteiger partial charge in [-0.25, -0.2) is 4.18 Å². The first-order chi connectivity index (χ1) is 10.2. The largest absolute Gasteiger partial charge is 0.867 e. The molecule has 2 rings (SSSR count). The maximum absolute atomic E-state index is 12.4. The van der Waals surface area contributed by atoms with E-state index in [0.29, 0.717) is 6.42 Å². The molecular formula is C13H10Br2N2O4S. The van der Waals surface area contributed by atoms with E-state index in [4.69, 9.17) is 9.58 Å². The van der Waals surface area contributed by atoms with Crippen LogP contribution in [0.15, 0.2) is 35.2 Å². The maximum Gasteiger partial charge on any atom is 0.378 e. The van der Waals surface area contributed by atoms with Gasteiger partial charge in [0.15, 0.2) is 8.40 Å². The van der Waals surface area contributed by atoms with Crippen molar-refractivity contribution < 1.29 is 17.7 Å². The molecule has 0 N–H and O–H groups in total. The first kappa shape index (κ1) is 17.1. The second-order valence-corrected chi connectivity index (χ2v) is 9.53. The Labute approximate surface area is 144 Å². The molecule has 6 nitrogen and oxygen atoms in total. The Bertz CT molecular complexity index is 875. The summed E-state index contributed by atoms with van der Waals surface area (Å²) in [5, 5.41) is 21.2. The topological polar surface area (TPSA) is 94.6 Å². The number of halogens is 2. The van der Waals surface area contributed by atoms with Gasteiger partial charge in [0, 0.05) is 11.5 Å². The lowest BCUT2D eigenvalue weighted by Gasteiger charge is -2.19. The van der Waals surface area contributed by atoms with E-state index in [-0.39, 0.29) is 21.4 Å². The van der Waals surface area contributed by atoms with Gasteiger partial charge in [0.05, 0.1) is 0 Å². The van der Waals surface area contributed by atoms with Crippen LogP contribution in [0.25, 0.3) is 15.7 Å². The van der Waals surface area contributed by atoms with Crippen LogP contribution in [-0.2, 0) is 14.3 Å². The lowest BCUT2D eigenvalue weighted by molar-refractivity contribution is -0.264. The van der Waals surface area contributed by atoms with E-state index in [1.807, 2.05) is 0 Å². The zero-order valence-corrected chi connectivity index (χ0v) is 15.3. The standard InChI is InChI=1S/C13H10Br2N2O4S/c1-2-13(14,15)21-22(19,20)11-5-3-4-9-8(11)6-7-10(17-16)12(9)18/h3-7H,2H2,1H3. The molecule has 2 aromatic rings. The molecule has 22 heavy (non-hydrogen) atoms. The summed E-state index contributed by atoms with van der Waals surface area (Å²) in [6, 6.07) is 6.88. The Morgan fingerprint density at radius 1 is 1.27 bits per heavy atom. The van der Waals surface area contributed by atoms with Gasteiger partial charge < -0.3 is 5.11 Å². The number of hydrogen-bond donors (Lipinski definition) is 0. The molecule has 0 heterocycles. The van der Waals surface area contributed by atoms with Crippen LogP contribution in [0.1, 0.15) is 13.3 Å². The highest BCUT2D eigenvalue weighted by molar-refractivity contribution is 9.25. The minimum Gasteiger partial charge on any atom is -0.867 e. The molecule has 0 saturated heterocycles. The van der Waals surface area contributed by atoms with Crippen LogP contribution in [-0.4, -0.2) is 11.8 Å². The van der Waals surface area contributed by atoms with Crippen molar-refractivity contribution in [1.82, 2.24) is 0 Å². The van der Waals surface area contributed by atoms with E-state index < -0.39 is 19.3 Å². The fourth-order valence-electron chi connectivity index (χ4n) is 1.85. The van der Waals surface area contributed by atoms with Gasteiger partial charge in [-0.05, 0) is 61.5 Å². The average Bonchev–Trinajstić information content (AvgIpc) is 2.46. The summed E-state index contributed by atoms with van der Waals surface area (Å²) >= 11 is 6.24. The SMILES string of the molecule is CCC(Br)(Br)OS(=O)(=O)c1cccc2c([O-])c([N+]#N)ccc12. The highest BCUT2D eigenvalue weighted by atomic mass is 79.9. The van der Waals surface area contributed by atoms with Crippen molar-refractivity contribution in [3.63, 3.8) is 0 Å². The van der Waals surface area contributed by atoms with Crippen LogP contribution < -0.4 is 5.11 Å². The Hall–Kier alpha value is -1.21. The van der Waals surface area contributed by atoms with Gasteiger partial charge in [-0.1, -0.05) is 19.1 Å². The Morgan fingerprint density at radius 2 is 1.95 bits per heavy atom. The lowest BCUT2D eigenvalue weighted by Crippen LogP contribution is -2.21. The van der Waals surface area contributed by atoms with Crippen LogP contribution in [0.4, 0.5) is 5.69 Å². The Kier molecular flexibility index (Phi) is 4.77. The lowest BCUT2D eigenvalue weighted by atomic mass is 10.1. The van der Waals surface area contributed by atoms with Gasteiger partial charge >= 0.3 is 5.69 Å². The van der Waals surface area contributed by atoms with E-state index in [1.165, 1.54) is 30.3 Å². The predicted octanol–water partition coefficient (Wildman–Crippen LogP) is 3.96. The quantitative estimate of drug-likeness (QED) is 0.400. The second kappa shape index (κ2) is 6.12. The Morgan fingerprint density at radius 3 is 2.55 bits per heavy atom. The summed E-state index contributed by atoms with van der Waals surface area (Å²) in [5.41, 5.74) is -0.160. The molecular weight excluding hydrogens is 440 g/mol. The van der Waals surface area contributed by atoms with Crippen LogP contribution in [0, 0.1) is 5.39 Å². The van der Waals surface area contributed by atoms with Crippen molar-refractivity contribution >= 4 is 58.4 Å². The molecule has 0 radical (unpaired) electrons. The molecule has 116 valence electrons. The molecule has 0 aliphatic heterocycles. The second-order valence-electron chi connectivity index (χ2n) is 4.39. The number of alkyl halides is 2. The first-order valence-corrected chi connectivity index (χ1v) is 9.12. The monoisotopic (exact) mass is 448 g/mol. The molecule has 0 aliphatic carbocycles. The van der Waals surface area contributed by atoms with E-state index in [1.54, 1.807) is 6.92 Å². The van der Waals surface area contributed by atoms with E-state index >= 15 is 0 Å². The summed E-state index contributed by atoms with van der Waals surface area (Å²) in [4.78, 5) is 2.74. The van der Waals surface area contributed by atoms with Gasteiger partial charge in [0.25, 0.3) is 10.1 Å². The van der Waals surface area contributed by atoms with Gasteiger partial charge in [-0.15, -0.1) is 0 Å². The van der Waals surface area contributed by atoms with E-state index in [9.17, 15) is 13.5 Å².